The smallest absolute Gasteiger partial charge is 0.259 e. The fourth-order valence-corrected chi connectivity index (χ4v) is 4.74. The number of thiophene rings is 1. The van der Waals surface area contributed by atoms with Crippen molar-refractivity contribution in [3.63, 3.8) is 0 Å². The van der Waals surface area contributed by atoms with Gasteiger partial charge in [-0.25, -0.2) is 0 Å². The molecular weight excluding hydrogens is 430 g/mol. The summed E-state index contributed by atoms with van der Waals surface area (Å²) in [5.41, 5.74) is 2.09. The van der Waals surface area contributed by atoms with E-state index < -0.39 is 0 Å². The van der Waals surface area contributed by atoms with Crippen LogP contribution in [0.25, 0.3) is 0 Å². The standard InChI is InChI=1S/C18H16BrN5O2S/c1-23-8-11(7-21-23)17(25)22-18-14(6-20)13-4-5-24(10-15(13)27-18)9-12-2-3-16(19)26-12/h2-3,7-8H,4-5,9-10H2,1H3,(H,22,25). The predicted octanol–water partition coefficient (Wildman–Crippen LogP) is 3.52. The van der Waals surface area contributed by atoms with Crippen LogP contribution in [-0.4, -0.2) is 27.1 Å². The average molecular weight is 446 g/mol. The first-order chi connectivity index (χ1) is 13.0. The molecule has 1 aliphatic rings. The van der Waals surface area contributed by atoms with Crippen LogP contribution in [0.4, 0.5) is 5.00 Å². The molecule has 4 rings (SSSR count). The van der Waals surface area contributed by atoms with Crippen LogP contribution in [0.15, 0.2) is 33.6 Å². The Bertz CT molecular complexity index is 1040. The summed E-state index contributed by atoms with van der Waals surface area (Å²) in [6, 6.07) is 6.10. The summed E-state index contributed by atoms with van der Waals surface area (Å²) >= 11 is 4.80. The fraction of sp³-hybridized carbons (Fsp3) is 0.278. The maximum absolute atomic E-state index is 12.4. The van der Waals surface area contributed by atoms with Gasteiger partial charge in [-0.1, -0.05) is 0 Å². The number of furan rings is 1. The first-order valence-electron chi connectivity index (χ1n) is 8.34. The van der Waals surface area contributed by atoms with Gasteiger partial charge < -0.3 is 9.73 Å². The lowest BCUT2D eigenvalue weighted by Crippen LogP contribution is -2.29. The summed E-state index contributed by atoms with van der Waals surface area (Å²) < 4.78 is 7.88. The van der Waals surface area contributed by atoms with Crippen LogP contribution in [0, 0.1) is 11.3 Å². The van der Waals surface area contributed by atoms with Gasteiger partial charge in [0.25, 0.3) is 5.91 Å². The van der Waals surface area contributed by atoms with Gasteiger partial charge in [-0.15, -0.1) is 11.3 Å². The number of carbonyl (C=O) groups excluding carboxylic acids is 1. The van der Waals surface area contributed by atoms with E-state index >= 15 is 0 Å². The third-order valence-electron chi connectivity index (χ3n) is 4.45. The van der Waals surface area contributed by atoms with Gasteiger partial charge >= 0.3 is 0 Å². The molecule has 3 aromatic heterocycles. The van der Waals surface area contributed by atoms with E-state index in [9.17, 15) is 10.1 Å². The Balaban J connectivity index is 1.52. The molecule has 9 heteroatoms. The number of fused-ring (bicyclic) bond motifs is 1. The number of nitrogens with one attached hydrogen (secondary N) is 1. The molecule has 27 heavy (non-hydrogen) atoms. The summed E-state index contributed by atoms with van der Waals surface area (Å²) in [6.45, 7) is 2.28. The molecule has 7 nitrogen and oxygen atoms in total. The molecule has 0 atom stereocenters. The van der Waals surface area contributed by atoms with Crippen molar-refractivity contribution in [2.24, 2.45) is 7.05 Å². The highest BCUT2D eigenvalue weighted by atomic mass is 79.9. The van der Waals surface area contributed by atoms with E-state index in [4.69, 9.17) is 4.42 Å². The Morgan fingerprint density at radius 3 is 3.04 bits per heavy atom. The lowest BCUT2D eigenvalue weighted by molar-refractivity contribution is 0.102. The van der Waals surface area contributed by atoms with Gasteiger partial charge in [0, 0.05) is 31.2 Å². The Labute approximate surface area is 168 Å². The van der Waals surface area contributed by atoms with E-state index in [1.54, 1.807) is 17.9 Å². The minimum Gasteiger partial charge on any atom is -0.453 e. The van der Waals surface area contributed by atoms with Gasteiger partial charge in [0.2, 0.25) is 0 Å². The van der Waals surface area contributed by atoms with Gasteiger partial charge in [-0.05, 0) is 40.0 Å². The van der Waals surface area contributed by atoms with Crippen LogP contribution in [0.2, 0.25) is 0 Å². The topological polar surface area (TPSA) is 87.1 Å². The van der Waals surface area contributed by atoms with Crippen molar-refractivity contribution in [1.82, 2.24) is 14.7 Å². The molecule has 3 aromatic rings. The number of hydrogen-bond acceptors (Lipinski definition) is 6. The van der Waals surface area contributed by atoms with E-state index in [2.05, 4.69) is 37.3 Å². The van der Waals surface area contributed by atoms with E-state index in [1.165, 1.54) is 17.5 Å². The highest BCUT2D eigenvalue weighted by Crippen LogP contribution is 2.37. The zero-order valence-electron chi connectivity index (χ0n) is 14.5. The Morgan fingerprint density at radius 2 is 2.37 bits per heavy atom. The largest absolute Gasteiger partial charge is 0.453 e. The number of aryl methyl sites for hydroxylation is 1. The molecule has 0 spiro atoms. The molecule has 0 aromatic carbocycles. The van der Waals surface area contributed by atoms with Crippen LogP contribution in [0.5, 0.6) is 0 Å². The molecule has 138 valence electrons. The summed E-state index contributed by atoms with van der Waals surface area (Å²) in [4.78, 5) is 15.8. The van der Waals surface area contributed by atoms with Gasteiger partial charge in [-0.3, -0.25) is 14.4 Å². The number of hydrogen-bond donors (Lipinski definition) is 1. The number of anilines is 1. The van der Waals surface area contributed by atoms with Crippen LogP contribution in [0.3, 0.4) is 0 Å². The van der Waals surface area contributed by atoms with Gasteiger partial charge in [0.1, 0.15) is 16.8 Å². The molecule has 0 unspecified atom stereocenters. The third-order valence-corrected chi connectivity index (χ3v) is 6.01. The van der Waals surface area contributed by atoms with E-state index in [0.717, 1.165) is 40.4 Å². The van der Waals surface area contributed by atoms with Gasteiger partial charge in [0.05, 0.1) is 23.9 Å². The van der Waals surface area contributed by atoms with Crippen molar-refractivity contribution in [2.45, 2.75) is 19.5 Å². The van der Waals surface area contributed by atoms with E-state index in [0.29, 0.717) is 22.7 Å². The zero-order chi connectivity index (χ0) is 19.0. The summed E-state index contributed by atoms with van der Waals surface area (Å²) in [5, 5.41) is 17.1. The number of amides is 1. The molecule has 1 aliphatic heterocycles. The Kier molecular flexibility index (Phi) is 4.86. The maximum atomic E-state index is 12.4. The van der Waals surface area contributed by atoms with Crippen molar-refractivity contribution in [1.29, 1.82) is 5.26 Å². The molecule has 0 fully saturated rings. The average Bonchev–Trinajstić information content (AvgIpc) is 3.33. The van der Waals surface area contributed by atoms with Gasteiger partial charge in [0.15, 0.2) is 4.67 Å². The first kappa shape index (κ1) is 18.0. The fourth-order valence-electron chi connectivity index (χ4n) is 3.17. The molecule has 0 bridgehead atoms. The van der Waals surface area contributed by atoms with E-state index in [-0.39, 0.29) is 5.91 Å². The number of nitrogens with zero attached hydrogens (tertiary/aromatic N) is 4. The number of rotatable bonds is 4. The molecule has 0 radical (unpaired) electrons. The Hall–Kier alpha value is -2.41. The summed E-state index contributed by atoms with van der Waals surface area (Å²) in [6.07, 6.45) is 3.94. The molecule has 0 saturated heterocycles. The second-order valence-corrected chi connectivity index (χ2v) is 8.23. The highest BCUT2D eigenvalue weighted by Gasteiger charge is 2.26. The quantitative estimate of drug-likeness (QED) is 0.663. The number of aromatic nitrogens is 2. The number of carbonyl (C=O) groups is 1. The predicted molar refractivity (Wildman–Crippen MR) is 104 cm³/mol. The van der Waals surface area contributed by atoms with Crippen LogP contribution >= 0.6 is 27.3 Å². The minimum atomic E-state index is -0.254. The molecule has 0 saturated carbocycles. The number of nitriles is 1. The van der Waals surface area contributed by atoms with Crippen molar-refractivity contribution >= 4 is 38.2 Å². The lowest BCUT2D eigenvalue weighted by Gasteiger charge is -2.25. The van der Waals surface area contributed by atoms with Crippen LogP contribution in [0.1, 0.15) is 32.1 Å². The van der Waals surface area contributed by atoms with Crippen molar-refractivity contribution < 1.29 is 9.21 Å². The molecular formula is C18H16BrN5O2S. The minimum absolute atomic E-state index is 0.254. The van der Waals surface area contributed by atoms with Crippen LogP contribution < -0.4 is 5.32 Å². The zero-order valence-corrected chi connectivity index (χ0v) is 16.9. The maximum Gasteiger partial charge on any atom is 0.259 e. The van der Waals surface area contributed by atoms with Crippen molar-refractivity contribution in [3.05, 3.63) is 56.5 Å². The molecule has 1 amide bonds. The Morgan fingerprint density at radius 1 is 1.52 bits per heavy atom. The van der Waals surface area contributed by atoms with E-state index in [1.807, 2.05) is 12.1 Å². The normalized spacial score (nSPS) is 14.0. The number of halogens is 1. The van der Waals surface area contributed by atoms with Crippen LogP contribution in [-0.2, 0) is 26.6 Å². The molecule has 4 heterocycles. The highest BCUT2D eigenvalue weighted by molar-refractivity contribution is 9.10. The SMILES string of the molecule is Cn1cc(C(=O)Nc2sc3c(c2C#N)CCN(Cc2ccc(Br)o2)C3)cn1. The second kappa shape index (κ2) is 7.31. The lowest BCUT2D eigenvalue weighted by atomic mass is 10.0. The molecule has 1 N–H and O–H groups in total. The third kappa shape index (κ3) is 3.69. The molecule has 0 aliphatic carbocycles. The first-order valence-corrected chi connectivity index (χ1v) is 9.95. The summed E-state index contributed by atoms with van der Waals surface area (Å²) in [7, 11) is 1.76. The van der Waals surface area contributed by atoms with Crippen molar-refractivity contribution in [3.8, 4) is 6.07 Å². The second-order valence-electron chi connectivity index (χ2n) is 6.34. The monoisotopic (exact) mass is 445 g/mol. The summed E-state index contributed by atoms with van der Waals surface area (Å²) in [5.74, 6) is 0.642. The van der Waals surface area contributed by atoms with Crippen molar-refractivity contribution in [2.75, 3.05) is 11.9 Å². The van der Waals surface area contributed by atoms with Gasteiger partial charge in [-0.2, -0.15) is 10.4 Å².